The van der Waals surface area contributed by atoms with Crippen LogP contribution in [0.1, 0.15) is 39.2 Å². The van der Waals surface area contributed by atoms with Crippen molar-refractivity contribution in [3.05, 3.63) is 45.8 Å². The zero-order valence-electron chi connectivity index (χ0n) is 13.5. The molecule has 0 unspecified atom stereocenters. The molecule has 0 radical (unpaired) electrons. The minimum atomic E-state index is -0.135. The van der Waals surface area contributed by atoms with E-state index in [0.717, 1.165) is 40.2 Å². The molecule has 1 aliphatic rings. The Labute approximate surface area is 139 Å². The average Bonchev–Trinajstić information content (AvgIpc) is 3.22. The fourth-order valence-corrected chi connectivity index (χ4v) is 3.54. The summed E-state index contributed by atoms with van der Waals surface area (Å²) in [4.78, 5) is 25.0. The van der Waals surface area contributed by atoms with Crippen LogP contribution < -0.4 is 10.6 Å². The summed E-state index contributed by atoms with van der Waals surface area (Å²) in [5.41, 5.74) is 3.90. The predicted molar refractivity (Wildman–Crippen MR) is 94.3 cm³/mol. The third kappa shape index (κ3) is 3.79. The van der Waals surface area contributed by atoms with Crippen molar-refractivity contribution in [1.29, 1.82) is 0 Å². The summed E-state index contributed by atoms with van der Waals surface area (Å²) in [5.74, 6) is 0.0851. The lowest BCUT2D eigenvalue weighted by molar-refractivity contribution is -0.117. The Morgan fingerprint density at radius 3 is 2.26 bits per heavy atom. The molecular weight excluding hydrogens is 308 g/mol. The van der Waals surface area contributed by atoms with Gasteiger partial charge in [0.25, 0.3) is 5.91 Å². The lowest BCUT2D eigenvalue weighted by Gasteiger charge is -2.07. The van der Waals surface area contributed by atoms with E-state index in [-0.39, 0.29) is 17.7 Å². The molecule has 0 saturated heterocycles. The Balaban J connectivity index is 1.73. The SMILES string of the molecule is Cc1cc(C)cc(NC(=O)c2sc(NC(=O)C3CC3)cc2C)c1. The van der Waals surface area contributed by atoms with Crippen LogP contribution in [-0.2, 0) is 4.79 Å². The van der Waals surface area contributed by atoms with E-state index in [1.54, 1.807) is 0 Å². The van der Waals surface area contributed by atoms with Crippen molar-refractivity contribution in [2.45, 2.75) is 33.6 Å². The highest BCUT2D eigenvalue weighted by Gasteiger charge is 2.30. The maximum atomic E-state index is 12.5. The van der Waals surface area contributed by atoms with E-state index >= 15 is 0 Å². The van der Waals surface area contributed by atoms with Crippen LogP contribution in [0.15, 0.2) is 24.3 Å². The van der Waals surface area contributed by atoms with Crippen molar-refractivity contribution >= 4 is 33.8 Å². The summed E-state index contributed by atoms with van der Waals surface area (Å²) in [5, 5.41) is 6.58. The van der Waals surface area contributed by atoms with E-state index in [2.05, 4.69) is 16.7 Å². The van der Waals surface area contributed by atoms with Crippen LogP contribution in [0.3, 0.4) is 0 Å². The second-order valence-electron chi connectivity index (χ2n) is 6.22. The Bertz CT molecular complexity index is 755. The monoisotopic (exact) mass is 328 g/mol. The minimum Gasteiger partial charge on any atom is -0.321 e. The highest BCUT2D eigenvalue weighted by molar-refractivity contribution is 7.18. The number of hydrogen-bond acceptors (Lipinski definition) is 3. The third-order valence-corrected chi connectivity index (χ3v) is 4.95. The number of thiophene rings is 1. The molecule has 2 aromatic rings. The molecule has 2 N–H and O–H groups in total. The first-order valence-corrected chi connectivity index (χ1v) is 8.55. The smallest absolute Gasteiger partial charge is 0.266 e. The summed E-state index contributed by atoms with van der Waals surface area (Å²) < 4.78 is 0. The normalized spacial score (nSPS) is 13.7. The summed E-state index contributed by atoms with van der Waals surface area (Å²) in [6.45, 7) is 5.90. The highest BCUT2D eigenvalue weighted by atomic mass is 32.1. The van der Waals surface area contributed by atoms with Gasteiger partial charge in [0.05, 0.1) is 9.88 Å². The molecule has 23 heavy (non-hydrogen) atoms. The van der Waals surface area contributed by atoms with Gasteiger partial charge in [-0.05, 0) is 68.5 Å². The lowest BCUT2D eigenvalue weighted by Crippen LogP contribution is -2.12. The number of nitrogens with one attached hydrogen (secondary N) is 2. The van der Waals surface area contributed by atoms with Crippen molar-refractivity contribution in [3.8, 4) is 0 Å². The van der Waals surface area contributed by atoms with E-state index in [1.807, 2.05) is 39.0 Å². The van der Waals surface area contributed by atoms with Crippen molar-refractivity contribution in [3.63, 3.8) is 0 Å². The van der Waals surface area contributed by atoms with Crippen LogP contribution in [0.5, 0.6) is 0 Å². The number of amides is 2. The van der Waals surface area contributed by atoms with Gasteiger partial charge in [-0.25, -0.2) is 0 Å². The van der Waals surface area contributed by atoms with Gasteiger partial charge in [0.2, 0.25) is 5.91 Å². The van der Waals surface area contributed by atoms with E-state index in [9.17, 15) is 9.59 Å². The Morgan fingerprint density at radius 1 is 1.00 bits per heavy atom. The maximum absolute atomic E-state index is 12.5. The summed E-state index contributed by atoms with van der Waals surface area (Å²) in [6.07, 6.45) is 1.94. The predicted octanol–water partition coefficient (Wildman–Crippen LogP) is 4.27. The van der Waals surface area contributed by atoms with Gasteiger partial charge in [-0.3, -0.25) is 9.59 Å². The molecule has 3 rings (SSSR count). The fraction of sp³-hybridized carbons (Fsp3) is 0.333. The zero-order valence-corrected chi connectivity index (χ0v) is 14.3. The van der Waals surface area contributed by atoms with Crippen molar-refractivity contribution < 1.29 is 9.59 Å². The number of carbonyl (C=O) groups is 2. The average molecular weight is 328 g/mol. The standard InChI is InChI=1S/C18H20N2O2S/c1-10-6-11(2)8-14(7-10)19-18(22)16-12(3)9-15(23-16)20-17(21)13-4-5-13/h6-9,13H,4-5H2,1-3H3,(H,19,22)(H,20,21). The van der Waals surface area contributed by atoms with Crippen LogP contribution >= 0.6 is 11.3 Å². The fourth-order valence-electron chi connectivity index (χ4n) is 2.57. The van der Waals surface area contributed by atoms with E-state index < -0.39 is 0 Å². The number of benzene rings is 1. The summed E-state index contributed by atoms with van der Waals surface area (Å²) in [6, 6.07) is 7.83. The largest absolute Gasteiger partial charge is 0.321 e. The molecule has 0 bridgehead atoms. The van der Waals surface area contributed by atoms with Gasteiger partial charge in [-0.1, -0.05) is 6.07 Å². The molecule has 0 spiro atoms. The van der Waals surface area contributed by atoms with E-state index in [0.29, 0.717) is 4.88 Å². The quantitative estimate of drug-likeness (QED) is 0.880. The van der Waals surface area contributed by atoms with Gasteiger partial charge in [0.1, 0.15) is 0 Å². The molecule has 2 amide bonds. The van der Waals surface area contributed by atoms with Crippen LogP contribution in [0.25, 0.3) is 0 Å². The van der Waals surface area contributed by atoms with Crippen molar-refractivity contribution in [1.82, 2.24) is 0 Å². The molecule has 1 aromatic carbocycles. The summed E-state index contributed by atoms with van der Waals surface area (Å²) in [7, 11) is 0. The first-order valence-electron chi connectivity index (χ1n) is 7.73. The number of aryl methyl sites for hydroxylation is 3. The van der Waals surface area contributed by atoms with Gasteiger partial charge >= 0.3 is 0 Å². The molecule has 1 aliphatic carbocycles. The van der Waals surface area contributed by atoms with E-state index in [4.69, 9.17) is 0 Å². The van der Waals surface area contributed by atoms with Crippen molar-refractivity contribution in [2.24, 2.45) is 5.92 Å². The molecule has 1 aromatic heterocycles. The molecule has 0 atom stereocenters. The van der Waals surface area contributed by atoms with Crippen LogP contribution in [0.2, 0.25) is 0 Å². The first-order chi connectivity index (χ1) is 10.9. The summed E-state index contributed by atoms with van der Waals surface area (Å²) >= 11 is 1.32. The number of hydrogen-bond donors (Lipinski definition) is 2. The van der Waals surface area contributed by atoms with Gasteiger partial charge in [-0.2, -0.15) is 0 Å². The molecule has 5 heteroatoms. The maximum Gasteiger partial charge on any atom is 0.266 e. The van der Waals surface area contributed by atoms with Gasteiger partial charge in [0.15, 0.2) is 0 Å². The molecule has 0 aliphatic heterocycles. The third-order valence-electron chi connectivity index (χ3n) is 3.80. The molecule has 1 saturated carbocycles. The van der Waals surface area contributed by atoms with Gasteiger partial charge in [0, 0.05) is 11.6 Å². The molecule has 120 valence electrons. The Kier molecular flexibility index (Phi) is 4.22. The zero-order chi connectivity index (χ0) is 16.6. The second kappa shape index (κ2) is 6.16. The minimum absolute atomic E-state index is 0.0625. The van der Waals surface area contributed by atoms with Crippen molar-refractivity contribution in [2.75, 3.05) is 10.6 Å². The van der Waals surface area contributed by atoms with Crippen LogP contribution in [0.4, 0.5) is 10.7 Å². The number of anilines is 2. The Hall–Kier alpha value is -2.14. The van der Waals surface area contributed by atoms with Crippen LogP contribution in [0, 0.1) is 26.7 Å². The number of carbonyl (C=O) groups excluding carboxylic acids is 2. The van der Waals surface area contributed by atoms with Gasteiger partial charge in [-0.15, -0.1) is 11.3 Å². The topological polar surface area (TPSA) is 58.2 Å². The lowest BCUT2D eigenvalue weighted by atomic mass is 10.1. The van der Waals surface area contributed by atoms with Crippen LogP contribution in [-0.4, -0.2) is 11.8 Å². The Morgan fingerprint density at radius 2 is 1.65 bits per heavy atom. The number of rotatable bonds is 4. The molecular formula is C18H20N2O2S. The second-order valence-corrected chi connectivity index (χ2v) is 7.27. The molecule has 1 fully saturated rings. The highest BCUT2D eigenvalue weighted by Crippen LogP contribution is 2.33. The molecule has 1 heterocycles. The molecule has 4 nitrogen and oxygen atoms in total. The first kappa shape index (κ1) is 15.7. The van der Waals surface area contributed by atoms with E-state index in [1.165, 1.54) is 11.3 Å². The van der Waals surface area contributed by atoms with Gasteiger partial charge < -0.3 is 10.6 Å².